The third kappa shape index (κ3) is 7.55. The topological polar surface area (TPSA) is 75.7 Å². The normalized spacial score (nSPS) is 13.6. The monoisotopic (exact) mass is 547 g/mol. The molecule has 0 radical (unpaired) electrons. The zero-order valence-electron chi connectivity index (χ0n) is 23.8. The van der Waals surface area contributed by atoms with Gasteiger partial charge in [-0.2, -0.15) is 0 Å². The van der Waals surface area contributed by atoms with Crippen LogP contribution in [0.4, 0.5) is 0 Å². The predicted octanol–water partition coefficient (Wildman–Crippen LogP) is 5.64. The van der Waals surface area contributed by atoms with Gasteiger partial charge in [-0.25, -0.2) is 0 Å². The largest absolute Gasteiger partial charge is 0.490 e. The average Bonchev–Trinajstić information content (AvgIpc) is 3.42. The van der Waals surface area contributed by atoms with Gasteiger partial charge in [-0.1, -0.05) is 37.3 Å². The van der Waals surface area contributed by atoms with Crippen molar-refractivity contribution in [2.75, 3.05) is 47.9 Å². The predicted molar refractivity (Wildman–Crippen MR) is 154 cm³/mol. The third-order valence-corrected chi connectivity index (χ3v) is 6.34. The minimum absolute atomic E-state index is 0.188. The van der Waals surface area contributed by atoms with Crippen LogP contribution in [-0.2, 0) is 14.3 Å². The summed E-state index contributed by atoms with van der Waals surface area (Å²) in [7, 11) is 5.46. The molecule has 4 rings (SSSR count). The van der Waals surface area contributed by atoms with Gasteiger partial charge >= 0.3 is 5.97 Å². The second kappa shape index (κ2) is 13.9. The van der Waals surface area contributed by atoms with Gasteiger partial charge in [0, 0.05) is 20.6 Å². The Labute approximate surface area is 236 Å². The third-order valence-electron chi connectivity index (χ3n) is 6.34. The standard InChI is InChI=1S/C32H37NO7/c1-6-29(25-11-16-30-31(17-25)39-21-38-30)32(24-9-14-27(15-10-24)37-20-35-5)23-7-12-26(13-8-23)36-19-28(18-33(3)4)40-22(2)34/h7-17,28H,6,18-21H2,1-5H3/b32-29+. The van der Waals surface area contributed by atoms with Crippen molar-refractivity contribution >= 4 is 17.1 Å². The van der Waals surface area contributed by atoms with E-state index >= 15 is 0 Å². The maximum atomic E-state index is 11.5. The Morgan fingerprint density at radius 1 is 0.875 bits per heavy atom. The van der Waals surface area contributed by atoms with E-state index in [1.54, 1.807) is 7.11 Å². The molecule has 0 aliphatic carbocycles. The lowest BCUT2D eigenvalue weighted by Gasteiger charge is -2.21. The smallest absolute Gasteiger partial charge is 0.303 e. The van der Waals surface area contributed by atoms with Gasteiger partial charge in [-0.05, 0) is 84.8 Å². The first-order valence-electron chi connectivity index (χ1n) is 13.3. The van der Waals surface area contributed by atoms with Crippen molar-refractivity contribution in [1.29, 1.82) is 0 Å². The number of allylic oxidation sites excluding steroid dienone is 1. The number of likely N-dealkylation sites (N-methyl/N-ethyl adjacent to an activating group) is 1. The second-order valence-electron chi connectivity index (χ2n) is 9.68. The summed E-state index contributed by atoms with van der Waals surface area (Å²) in [5.41, 5.74) is 5.41. The summed E-state index contributed by atoms with van der Waals surface area (Å²) in [4.78, 5) is 13.5. The van der Waals surface area contributed by atoms with Gasteiger partial charge in [0.1, 0.15) is 24.2 Å². The van der Waals surface area contributed by atoms with Gasteiger partial charge in [0.25, 0.3) is 0 Å². The van der Waals surface area contributed by atoms with Crippen molar-refractivity contribution in [3.63, 3.8) is 0 Å². The van der Waals surface area contributed by atoms with E-state index in [1.807, 2.05) is 55.4 Å². The molecule has 0 N–H and O–H groups in total. The molecule has 8 heteroatoms. The molecule has 1 unspecified atom stereocenters. The molecule has 212 valence electrons. The number of hydrogen-bond donors (Lipinski definition) is 0. The van der Waals surface area contributed by atoms with E-state index in [1.165, 1.54) is 12.5 Å². The number of hydrogen-bond acceptors (Lipinski definition) is 8. The minimum Gasteiger partial charge on any atom is -0.490 e. The molecular weight excluding hydrogens is 510 g/mol. The summed E-state index contributed by atoms with van der Waals surface area (Å²) in [6.45, 7) is 4.81. The number of fused-ring (bicyclic) bond motifs is 1. The van der Waals surface area contributed by atoms with Gasteiger partial charge in [-0.3, -0.25) is 4.79 Å². The first-order valence-corrected chi connectivity index (χ1v) is 13.3. The fraction of sp³-hybridized carbons (Fsp3) is 0.344. The Kier molecular flexibility index (Phi) is 10.0. The zero-order valence-corrected chi connectivity index (χ0v) is 23.8. The number of nitrogens with zero attached hydrogens (tertiary/aromatic N) is 1. The van der Waals surface area contributed by atoms with Crippen molar-refractivity contribution in [1.82, 2.24) is 4.90 Å². The molecule has 1 aliphatic heterocycles. The van der Waals surface area contributed by atoms with Crippen molar-refractivity contribution in [3.05, 3.63) is 83.4 Å². The Morgan fingerprint density at radius 2 is 1.48 bits per heavy atom. The number of ether oxygens (including phenoxy) is 6. The molecule has 0 fully saturated rings. The van der Waals surface area contributed by atoms with Crippen LogP contribution in [0.5, 0.6) is 23.0 Å². The summed E-state index contributed by atoms with van der Waals surface area (Å²) in [5, 5.41) is 0. The lowest BCUT2D eigenvalue weighted by molar-refractivity contribution is -0.148. The van der Waals surface area contributed by atoms with Crippen LogP contribution in [0.15, 0.2) is 66.7 Å². The quantitative estimate of drug-likeness (QED) is 0.155. The molecule has 0 spiro atoms. The van der Waals surface area contributed by atoms with Crippen LogP contribution in [0, 0.1) is 0 Å². The highest BCUT2D eigenvalue weighted by atomic mass is 16.7. The molecule has 1 heterocycles. The number of carbonyl (C=O) groups is 1. The number of rotatable bonds is 13. The van der Waals surface area contributed by atoms with Gasteiger partial charge in [0.2, 0.25) is 6.79 Å². The van der Waals surface area contributed by atoms with E-state index in [4.69, 9.17) is 28.4 Å². The molecule has 0 saturated carbocycles. The average molecular weight is 548 g/mol. The minimum atomic E-state index is -0.362. The van der Waals surface area contributed by atoms with Crippen LogP contribution >= 0.6 is 0 Å². The van der Waals surface area contributed by atoms with E-state index < -0.39 is 0 Å². The Hall–Kier alpha value is -4.01. The molecule has 1 aliphatic rings. The number of carbonyl (C=O) groups excluding carboxylic acids is 1. The first-order chi connectivity index (χ1) is 19.4. The van der Waals surface area contributed by atoms with Crippen LogP contribution in [0.2, 0.25) is 0 Å². The first kappa shape index (κ1) is 29.0. The molecule has 8 nitrogen and oxygen atoms in total. The van der Waals surface area contributed by atoms with Crippen molar-refractivity contribution in [2.24, 2.45) is 0 Å². The van der Waals surface area contributed by atoms with Crippen molar-refractivity contribution in [2.45, 2.75) is 26.4 Å². The fourth-order valence-electron chi connectivity index (χ4n) is 4.64. The lowest BCUT2D eigenvalue weighted by Crippen LogP contribution is -2.34. The number of methoxy groups -OCH3 is 1. The summed E-state index contributed by atoms with van der Waals surface area (Å²) < 4.78 is 33.3. The van der Waals surface area contributed by atoms with Crippen LogP contribution in [-0.4, -0.2) is 64.9 Å². The Bertz CT molecular complexity index is 1300. The van der Waals surface area contributed by atoms with E-state index in [-0.39, 0.29) is 32.3 Å². The number of benzene rings is 3. The van der Waals surface area contributed by atoms with E-state index in [0.29, 0.717) is 12.3 Å². The maximum Gasteiger partial charge on any atom is 0.303 e. The molecule has 0 saturated heterocycles. The highest BCUT2D eigenvalue weighted by Gasteiger charge is 2.19. The molecule has 0 aromatic heterocycles. The zero-order chi connectivity index (χ0) is 28.5. The molecular formula is C32H37NO7. The molecule has 1 atom stereocenters. The van der Waals surface area contributed by atoms with E-state index in [0.717, 1.165) is 45.9 Å². The highest BCUT2D eigenvalue weighted by Crippen LogP contribution is 2.40. The molecule has 0 bridgehead atoms. The SMILES string of the molecule is CC/C(=C(\c1ccc(OCOC)cc1)c1ccc(OCC(CN(C)C)OC(C)=O)cc1)c1ccc2c(c1)OCO2. The van der Waals surface area contributed by atoms with Gasteiger partial charge in [0.15, 0.2) is 18.3 Å². The van der Waals surface area contributed by atoms with Crippen LogP contribution in [0.3, 0.4) is 0 Å². The lowest BCUT2D eigenvalue weighted by atomic mass is 9.88. The maximum absolute atomic E-state index is 11.5. The Balaban J connectivity index is 1.66. The van der Waals surface area contributed by atoms with Crippen LogP contribution < -0.4 is 18.9 Å². The summed E-state index contributed by atoms with van der Waals surface area (Å²) in [6.07, 6.45) is 0.434. The van der Waals surface area contributed by atoms with Gasteiger partial charge in [-0.15, -0.1) is 0 Å². The van der Waals surface area contributed by atoms with Gasteiger partial charge < -0.3 is 33.3 Å². The molecule has 3 aromatic rings. The molecule has 40 heavy (non-hydrogen) atoms. The summed E-state index contributed by atoms with van der Waals surface area (Å²) in [5.74, 6) is 2.60. The van der Waals surface area contributed by atoms with Crippen LogP contribution in [0.25, 0.3) is 11.1 Å². The van der Waals surface area contributed by atoms with E-state index in [2.05, 4.69) is 37.3 Å². The molecule has 3 aromatic carbocycles. The fourth-order valence-corrected chi connectivity index (χ4v) is 4.64. The van der Waals surface area contributed by atoms with Crippen LogP contribution in [0.1, 0.15) is 37.0 Å². The van der Waals surface area contributed by atoms with Crippen molar-refractivity contribution < 1.29 is 33.2 Å². The van der Waals surface area contributed by atoms with Gasteiger partial charge in [0.05, 0.1) is 0 Å². The Morgan fingerprint density at radius 3 is 2.05 bits per heavy atom. The molecule has 0 amide bonds. The number of esters is 1. The highest BCUT2D eigenvalue weighted by molar-refractivity contribution is 5.99. The summed E-state index contributed by atoms with van der Waals surface area (Å²) in [6, 6.07) is 22.0. The second-order valence-corrected chi connectivity index (χ2v) is 9.68. The van der Waals surface area contributed by atoms with Crippen molar-refractivity contribution in [3.8, 4) is 23.0 Å². The van der Waals surface area contributed by atoms with E-state index in [9.17, 15) is 4.79 Å². The summed E-state index contributed by atoms with van der Waals surface area (Å²) >= 11 is 0.